The van der Waals surface area contributed by atoms with Gasteiger partial charge in [0.1, 0.15) is 0 Å². The van der Waals surface area contributed by atoms with E-state index in [1.165, 1.54) is 8.51 Å². The molecule has 0 spiro atoms. The molecule has 0 unspecified atom stereocenters. The molecule has 1 nitrogen and oxygen atoms in total. The van der Waals surface area contributed by atoms with Gasteiger partial charge in [0.05, 0.1) is 0 Å². The molecular weight excluding hydrogens is 332 g/mol. The molecule has 82 valence electrons. The molecular formula is C13H12OSTe. The Morgan fingerprint density at radius 1 is 1.00 bits per heavy atom. The van der Waals surface area contributed by atoms with Crippen molar-refractivity contribution in [1.82, 2.24) is 0 Å². The summed E-state index contributed by atoms with van der Waals surface area (Å²) >= 11 is 1.29. The summed E-state index contributed by atoms with van der Waals surface area (Å²) in [4.78, 5) is 1.29. The Morgan fingerprint density at radius 2 is 1.69 bits per heavy atom. The molecule has 0 fully saturated rings. The van der Waals surface area contributed by atoms with Crippen LogP contribution in [0.4, 0.5) is 0 Å². The SMILES string of the molecule is CSc1ccc([Te]c2ccccc2O)cc1. The minimum absolute atomic E-state index is 0.429. The molecule has 0 atom stereocenters. The Hall–Kier alpha value is -0.620. The van der Waals surface area contributed by atoms with E-state index in [1.807, 2.05) is 18.2 Å². The molecule has 16 heavy (non-hydrogen) atoms. The van der Waals surface area contributed by atoms with Gasteiger partial charge in [-0.15, -0.1) is 0 Å². The fraction of sp³-hybridized carbons (Fsp3) is 0.0769. The molecule has 0 saturated carbocycles. The number of aromatic hydroxyl groups is 1. The van der Waals surface area contributed by atoms with Gasteiger partial charge in [0.2, 0.25) is 0 Å². The number of benzene rings is 2. The van der Waals surface area contributed by atoms with Gasteiger partial charge in [-0.05, 0) is 0 Å². The second-order valence-electron chi connectivity index (χ2n) is 3.25. The van der Waals surface area contributed by atoms with E-state index < -0.39 is 20.9 Å². The van der Waals surface area contributed by atoms with Crippen molar-refractivity contribution in [2.45, 2.75) is 4.90 Å². The van der Waals surface area contributed by atoms with Crippen molar-refractivity contribution in [1.29, 1.82) is 0 Å². The predicted octanol–water partition coefficient (Wildman–Crippen LogP) is 1.77. The van der Waals surface area contributed by atoms with Crippen LogP contribution in [-0.2, 0) is 0 Å². The van der Waals surface area contributed by atoms with Crippen LogP contribution in [0, 0.1) is 0 Å². The van der Waals surface area contributed by atoms with Crippen LogP contribution >= 0.6 is 11.8 Å². The molecule has 0 saturated heterocycles. The van der Waals surface area contributed by atoms with Gasteiger partial charge in [0, 0.05) is 0 Å². The maximum absolute atomic E-state index is 9.70. The fourth-order valence-corrected chi connectivity index (χ4v) is 4.14. The zero-order valence-electron chi connectivity index (χ0n) is 8.88. The topological polar surface area (TPSA) is 20.2 Å². The summed E-state index contributed by atoms with van der Waals surface area (Å²) in [7, 11) is 0. The second-order valence-corrected chi connectivity index (χ2v) is 7.31. The van der Waals surface area contributed by atoms with Crippen LogP contribution in [0.1, 0.15) is 0 Å². The average Bonchev–Trinajstić information content (AvgIpc) is 2.33. The van der Waals surface area contributed by atoms with Crippen LogP contribution in [0.5, 0.6) is 5.75 Å². The van der Waals surface area contributed by atoms with Crippen LogP contribution in [-0.4, -0.2) is 32.3 Å². The molecule has 0 aliphatic heterocycles. The number of phenols is 1. The molecule has 0 aliphatic carbocycles. The van der Waals surface area contributed by atoms with Crippen molar-refractivity contribution in [3.05, 3.63) is 48.5 Å². The summed E-state index contributed by atoms with van der Waals surface area (Å²) in [5.41, 5.74) is 0. The molecule has 1 N–H and O–H groups in total. The number of para-hydroxylation sites is 1. The third-order valence-electron chi connectivity index (χ3n) is 2.15. The van der Waals surface area contributed by atoms with Crippen LogP contribution in [0.2, 0.25) is 0 Å². The Kier molecular flexibility index (Phi) is 4.17. The minimum atomic E-state index is -0.461. The van der Waals surface area contributed by atoms with Crippen molar-refractivity contribution >= 4 is 39.9 Å². The first-order chi connectivity index (χ1) is 7.79. The van der Waals surface area contributed by atoms with Gasteiger partial charge in [-0.3, -0.25) is 0 Å². The predicted molar refractivity (Wildman–Crippen MR) is 71.4 cm³/mol. The summed E-state index contributed by atoms with van der Waals surface area (Å²) in [6.07, 6.45) is 2.08. The number of phenolic OH excluding ortho intramolecular Hbond substituents is 1. The van der Waals surface area contributed by atoms with Gasteiger partial charge < -0.3 is 0 Å². The van der Waals surface area contributed by atoms with Crippen molar-refractivity contribution in [3.63, 3.8) is 0 Å². The van der Waals surface area contributed by atoms with E-state index in [0.29, 0.717) is 5.75 Å². The monoisotopic (exact) mass is 346 g/mol. The van der Waals surface area contributed by atoms with Gasteiger partial charge >= 0.3 is 110 Å². The number of thioether (sulfide) groups is 1. The first-order valence-electron chi connectivity index (χ1n) is 4.89. The first-order valence-corrected chi connectivity index (χ1v) is 8.45. The summed E-state index contributed by atoms with van der Waals surface area (Å²) in [5, 5.41) is 9.70. The van der Waals surface area contributed by atoms with E-state index in [1.54, 1.807) is 17.8 Å². The van der Waals surface area contributed by atoms with Crippen molar-refractivity contribution in [2.75, 3.05) is 6.26 Å². The quantitative estimate of drug-likeness (QED) is 0.677. The van der Waals surface area contributed by atoms with Crippen LogP contribution in [0.3, 0.4) is 0 Å². The van der Waals surface area contributed by atoms with Gasteiger partial charge in [-0.2, -0.15) is 0 Å². The molecule has 0 bridgehead atoms. The van der Waals surface area contributed by atoms with Crippen LogP contribution in [0.15, 0.2) is 53.4 Å². The maximum atomic E-state index is 9.70. The summed E-state index contributed by atoms with van der Waals surface area (Å²) < 4.78 is 2.45. The van der Waals surface area contributed by atoms with Gasteiger partial charge in [-0.25, -0.2) is 0 Å². The Morgan fingerprint density at radius 3 is 2.31 bits per heavy atom. The third-order valence-corrected chi connectivity index (χ3v) is 5.96. The van der Waals surface area contributed by atoms with Crippen LogP contribution in [0.25, 0.3) is 0 Å². The molecule has 0 amide bonds. The fourth-order valence-electron chi connectivity index (χ4n) is 1.31. The third kappa shape index (κ3) is 2.95. The first kappa shape index (κ1) is 11.9. The Labute approximate surface area is 110 Å². The molecule has 2 aromatic rings. The summed E-state index contributed by atoms with van der Waals surface area (Å²) in [6.45, 7) is 0. The van der Waals surface area contributed by atoms with Crippen molar-refractivity contribution in [2.24, 2.45) is 0 Å². The van der Waals surface area contributed by atoms with E-state index >= 15 is 0 Å². The number of hydrogen-bond acceptors (Lipinski definition) is 2. The van der Waals surface area contributed by atoms with E-state index in [4.69, 9.17) is 0 Å². The summed E-state index contributed by atoms with van der Waals surface area (Å²) in [5.74, 6) is 0.429. The number of rotatable bonds is 3. The van der Waals surface area contributed by atoms with Gasteiger partial charge in [0.15, 0.2) is 0 Å². The molecule has 2 rings (SSSR count). The average molecular weight is 344 g/mol. The molecule has 3 heteroatoms. The summed E-state index contributed by atoms with van der Waals surface area (Å²) in [6, 6.07) is 16.2. The zero-order valence-corrected chi connectivity index (χ0v) is 12.0. The zero-order chi connectivity index (χ0) is 11.4. The van der Waals surface area contributed by atoms with Gasteiger partial charge in [-0.1, -0.05) is 0 Å². The van der Waals surface area contributed by atoms with E-state index in [-0.39, 0.29) is 0 Å². The molecule has 0 aromatic heterocycles. The second kappa shape index (κ2) is 5.63. The van der Waals surface area contributed by atoms with Crippen LogP contribution < -0.4 is 7.22 Å². The Bertz CT molecular complexity index is 468. The van der Waals surface area contributed by atoms with Crippen molar-refractivity contribution < 1.29 is 5.11 Å². The van der Waals surface area contributed by atoms with Gasteiger partial charge in [0.25, 0.3) is 0 Å². The molecule has 0 radical (unpaired) electrons. The van der Waals surface area contributed by atoms with E-state index in [2.05, 4.69) is 30.5 Å². The van der Waals surface area contributed by atoms with E-state index in [9.17, 15) is 5.11 Å². The Balaban J connectivity index is 2.18. The van der Waals surface area contributed by atoms with Crippen molar-refractivity contribution in [3.8, 4) is 5.75 Å². The molecule has 2 aromatic carbocycles. The number of hydrogen-bond donors (Lipinski definition) is 1. The standard InChI is InChI=1S/C13H12OSTe/c1-15-10-6-8-11(9-7-10)16-13-5-3-2-4-12(13)14/h2-9,14H,1H3. The normalized spacial score (nSPS) is 10.3. The van der Waals surface area contributed by atoms with E-state index in [0.717, 1.165) is 3.61 Å². The molecule has 0 heterocycles. The molecule has 0 aliphatic rings.